The average molecular weight is 348 g/mol. The number of aliphatic imine (C=N–C) groups is 1. The number of guanidine groups is 1. The Balaban J connectivity index is 0.00000117. The number of hydrogen-bond donors (Lipinski definition) is 2. The fraction of sp³-hybridized carbons (Fsp3) is 0.143. The molecule has 1 amide bonds. The highest BCUT2D eigenvalue weighted by molar-refractivity contribution is 6.03. The maximum Gasteiger partial charge on any atom is 0.282 e. The highest BCUT2D eigenvalue weighted by Gasteiger charge is 2.19. The number of aromatic nitrogens is 1. The Morgan fingerprint density at radius 1 is 0.923 bits per heavy atom. The van der Waals surface area contributed by atoms with Gasteiger partial charge in [-0.15, -0.1) is 0 Å². The number of rotatable bonds is 3. The van der Waals surface area contributed by atoms with E-state index >= 15 is 0 Å². The van der Waals surface area contributed by atoms with Crippen molar-refractivity contribution in [3.05, 3.63) is 78.0 Å². The fourth-order valence-corrected chi connectivity index (χ4v) is 2.73. The van der Waals surface area contributed by atoms with Crippen molar-refractivity contribution < 1.29 is 4.79 Å². The quantitative estimate of drug-likeness (QED) is 0.556. The highest BCUT2D eigenvalue weighted by atomic mass is 16.1. The molecule has 0 bridgehead atoms. The van der Waals surface area contributed by atoms with Crippen LogP contribution in [0.25, 0.3) is 16.9 Å². The van der Waals surface area contributed by atoms with Crippen LogP contribution in [0.15, 0.2) is 71.7 Å². The third-order valence-electron chi connectivity index (χ3n) is 3.79. The maximum absolute atomic E-state index is 12.3. The minimum Gasteiger partial charge on any atom is -0.370 e. The number of para-hydroxylation sites is 1. The number of carbonyl (C=O) groups excluding carboxylic acids is 1. The third kappa shape index (κ3) is 4.00. The number of nitrogens with zero attached hydrogens (tertiary/aromatic N) is 2. The molecule has 3 rings (SSSR count). The Morgan fingerprint density at radius 3 is 2.00 bits per heavy atom. The second-order valence-corrected chi connectivity index (χ2v) is 5.41. The predicted molar refractivity (Wildman–Crippen MR) is 107 cm³/mol. The van der Waals surface area contributed by atoms with Crippen LogP contribution in [0.2, 0.25) is 0 Å². The van der Waals surface area contributed by atoms with Crippen molar-refractivity contribution in [1.29, 1.82) is 0 Å². The van der Waals surface area contributed by atoms with E-state index in [9.17, 15) is 4.79 Å². The van der Waals surface area contributed by atoms with Crippen LogP contribution < -0.4 is 11.5 Å². The predicted octanol–water partition coefficient (Wildman–Crippen LogP) is 3.89. The number of nitrogens with two attached hydrogens (primary N) is 2. The van der Waals surface area contributed by atoms with E-state index in [1.54, 1.807) is 0 Å². The van der Waals surface area contributed by atoms with Gasteiger partial charge in [0, 0.05) is 11.4 Å². The summed E-state index contributed by atoms with van der Waals surface area (Å²) in [4.78, 5) is 16.0. The van der Waals surface area contributed by atoms with Crippen LogP contribution in [0.5, 0.6) is 0 Å². The van der Waals surface area contributed by atoms with Crippen molar-refractivity contribution in [2.75, 3.05) is 0 Å². The lowest BCUT2D eigenvalue weighted by molar-refractivity contribution is 0.100. The van der Waals surface area contributed by atoms with Gasteiger partial charge in [-0.25, -0.2) is 0 Å². The van der Waals surface area contributed by atoms with Crippen LogP contribution >= 0.6 is 0 Å². The Kier molecular flexibility index (Phi) is 6.33. The molecule has 0 saturated heterocycles. The topological polar surface area (TPSA) is 86.4 Å². The Hall–Kier alpha value is -3.34. The van der Waals surface area contributed by atoms with Crippen LogP contribution in [0.4, 0.5) is 0 Å². The van der Waals surface area contributed by atoms with E-state index in [1.165, 1.54) is 0 Å². The van der Waals surface area contributed by atoms with Gasteiger partial charge in [0.05, 0.1) is 11.3 Å². The summed E-state index contributed by atoms with van der Waals surface area (Å²) in [6, 6.07) is 21.6. The van der Waals surface area contributed by atoms with Gasteiger partial charge >= 0.3 is 0 Å². The summed E-state index contributed by atoms with van der Waals surface area (Å²) < 4.78 is 2.03. The second-order valence-electron chi connectivity index (χ2n) is 5.41. The van der Waals surface area contributed by atoms with Crippen LogP contribution in [0.1, 0.15) is 29.9 Å². The molecular formula is C21H24N4O. The van der Waals surface area contributed by atoms with Gasteiger partial charge in [-0.1, -0.05) is 62.4 Å². The molecule has 0 fully saturated rings. The van der Waals surface area contributed by atoms with E-state index < -0.39 is 5.91 Å². The number of benzene rings is 2. The van der Waals surface area contributed by atoms with E-state index in [4.69, 9.17) is 11.5 Å². The van der Waals surface area contributed by atoms with Gasteiger partial charge in [-0.05, 0) is 30.7 Å². The minimum atomic E-state index is -0.445. The van der Waals surface area contributed by atoms with Gasteiger partial charge in [0.15, 0.2) is 5.96 Å². The minimum absolute atomic E-state index is 0.242. The number of carbonyl (C=O) groups is 1. The molecule has 5 nitrogen and oxygen atoms in total. The van der Waals surface area contributed by atoms with E-state index in [2.05, 4.69) is 4.99 Å². The third-order valence-corrected chi connectivity index (χ3v) is 3.79. The molecule has 0 spiro atoms. The molecular weight excluding hydrogens is 324 g/mol. The average Bonchev–Trinajstić information content (AvgIpc) is 3.01. The summed E-state index contributed by atoms with van der Waals surface area (Å²) in [6.07, 6.45) is 0. The Labute approximate surface area is 154 Å². The van der Waals surface area contributed by atoms with E-state index in [-0.39, 0.29) is 5.96 Å². The van der Waals surface area contributed by atoms with Crippen molar-refractivity contribution in [2.24, 2.45) is 16.5 Å². The molecule has 1 aromatic heterocycles. The summed E-state index contributed by atoms with van der Waals surface area (Å²) >= 11 is 0. The standard InChI is InChI=1S/C19H18N4O.C2H6/c1-13-16(18(24)22-19(20)21)12-17(14-8-4-2-5-9-14)23(13)15-10-6-3-7-11-15;1-2/h2-12H,1H3,(H4,20,21,22,24);1-2H3. The summed E-state index contributed by atoms with van der Waals surface area (Å²) in [5.41, 5.74) is 14.8. The van der Waals surface area contributed by atoms with Gasteiger partial charge in [0.1, 0.15) is 0 Å². The van der Waals surface area contributed by atoms with Crippen LogP contribution in [-0.2, 0) is 0 Å². The summed E-state index contributed by atoms with van der Waals surface area (Å²) in [5.74, 6) is -0.688. The molecule has 0 radical (unpaired) electrons. The first-order valence-corrected chi connectivity index (χ1v) is 8.55. The lowest BCUT2D eigenvalue weighted by atomic mass is 10.1. The molecule has 0 aliphatic carbocycles. The van der Waals surface area contributed by atoms with E-state index in [0.717, 1.165) is 22.6 Å². The second kappa shape index (κ2) is 8.67. The van der Waals surface area contributed by atoms with Crippen molar-refractivity contribution in [3.63, 3.8) is 0 Å². The van der Waals surface area contributed by atoms with Crippen molar-refractivity contribution in [1.82, 2.24) is 4.57 Å². The zero-order chi connectivity index (χ0) is 19.1. The molecule has 0 unspecified atom stereocenters. The number of hydrogen-bond acceptors (Lipinski definition) is 1. The molecule has 2 aromatic carbocycles. The normalized spacial score (nSPS) is 9.81. The summed E-state index contributed by atoms with van der Waals surface area (Å²) in [7, 11) is 0. The van der Waals surface area contributed by atoms with Gasteiger partial charge in [-0.2, -0.15) is 4.99 Å². The molecule has 134 valence electrons. The monoisotopic (exact) mass is 348 g/mol. The molecule has 4 N–H and O–H groups in total. The first-order valence-electron chi connectivity index (χ1n) is 8.55. The van der Waals surface area contributed by atoms with E-state index in [0.29, 0.717) is 5.56 Å². The van der Waals surface area contributed by atoms with Crippen molar-refractivity contribution in [3.8, 4) is 16.9 Å². The molecule has 0 saturated carbocycles. The van der Waals surface area contributed by atoms with Gasteiger partial charge in [0.2, 0.25) is 0 Å². The molecule has 26 heavy (non-hydrogen) atoms. The molecule has 3 aromatic rings. The van der Waals surface area contributed by atoms with Crippen LogP contribution in [0.3, 0.4) is 0 Å². The first kappa shape index (κ1) is 19.0. The first-order chi connectivity index (χ1) is 12.6. The zero-order valence-corrected chi connectivity index (χ0v) is 15.3. The smallest absolute Gasteiger partial charge is 0.282 e. The lowest BCUT2D eigenvalue weighted by Crippen LogP contribution is -2.24. The molecule has 5 heteroatoms. The largest absolute Gasteiger partial charge is 0.370 e. The van der Waals surface area contributed by atoms with Gasteiger partial charge in [-0.3, -0.25) is 4.79 Å². The van der Waals surface area contributed by atoms with Crippen molar-refractivity contribution >= 4 is 11.9 Å². The van der Waals surface area contributed by atoms with E-state index in [1.807, 2.05) is 92.1 Å². The molecule has 1 heterocycles. The Morgan fingerprint density at radius 2 is 1.46 bits per heavy atom. The maximum atomic E-state index is 12.3. The summed E-state index contributed by atoms with van der Waals surface area (Å²) in [6.45, 7) is 5.88. The van der Waals surface area contributed by atoms with Crippen molar-refractivity contribution in [2.45, 2.75) is 20.8 Å². The zero-order valence-electron chi connectivity index (χ0n) is 15.3. The highest BCUT2D eigenvalue weighted by Crippen LogP contribution is 2.29. The molecule has 0 aliphatic rings. The number of amides is 1. The lowest BCUT2D eigenvalue weighted by Gasteiger charge is -2.12. The fourth-order valence-electron chi connectivity index (χ4n) is 2.73. The van der Waals surface area contributed by atoms with Crippen LogP contribution in [0, 0.1) is 6.92 Å². The molecule has 0 aliphatic heterocycles. The van der Waals surface area contributed by atoms with Gasteiger partial charge < -0.3 is 16.0 Å². The Bertz CT molecular complexity index is 893. The summed E-state index contributed by atoms with van der Waals surface area (Å²) in [5, 5.41) is 0. The van der Waals surface area contributed by atoms with Gasteiger partial charge in [0.25, 0.3) is 5.91 Å². The van der Waals surface area contributed by atoms with Crippen LogP contribution in [-0.4, -0.2) is 16.4 Å². The SMILES string of the molecule is CC.Cc1c(C(=O)N=C(N)N)cc(-c2ccccc2)n1-c1ccccc1. The molecule has 0 atom stereocenters.